The van der Waals surface area contributed by atoms with Crippen molar-refractivity contribution in [2.45, 2.75) is 19.4 Å². The summed E-state index contributed by atoms with van der Waals surface area (Å²) in [5.74, 6) is 0.398. The van der Waals surface area contributed by atoms with Gasteiger partial charge in [-0.3, -0.25) is 0 Å². The Labute approximate surface area is 147 Å². The van der Waals surface area contributed by atoms with E-state index >= 15 is 0 Å². The number of carbonyl (C=O) groups excluding carboxylic acids is 1. The molecule has 25 heavy (non-hydrogen) atoms. The molecule has 0 radical (unpaired) electrons. The van der Waals surface area contributed by atoms with E-state index in [0.29, 0.717) is 37.7 Å². The molecule has 0 bridgehead atoms. The second kappa shape index (κ2) is 6.61. The van der Waals surface area contributed by atoms with Crippen LogP contribution in [0.15, 0.2) is 24.3 Å². The Kier molecular flexibility index (Phi) is 4.45. The third-order valence-corrected chi connectivity index (χ3v) is 5.30. The summed E-state index contributed by atoms with van der Waals surface area (Å²) in [5, 5.41) is 0. The summed E-state index contributed by atoms with van der Waals surface area (Å²) >= 11 is 0. The molecule has 3 aliphatic rings. The Morgan fingerprint density at radius 2 is 1.96 bits per heavy atom. The van der Waals surface area contributed by atoms with E-state index in [2.05, 4.69) is 0 Å². The van der Waals surface area contributed by atoms with Crippen molar-refractivity contribution in [3.05, 3.63) is 29.8 Å². The number of quaternary nitrogens is 1. The molecular weight excluding hydrogens is 325 g/mol. The minimum absolute atomic E-state index is 0.0465. The molecule has 0 spiro atoms. The van der Waals surface area contributed by atoms with Crippen LogP contribution in [0.5, 0.6) is 5.75 Å². The number of nitrogens with zero attached hydrogens (tertiary/aromatic N) is 1. The van der Waals surface area contributed by atoms with Gasteiger partial charge in [0.05, 0.1) is 45.0 Å². The van der Waals surface area contributed by atoms with Crippen molar-refractivity contribution in [3.63, 3.8) is 0 Å². The largest absolute Gasteiger partial charge is 0.625 e. The van der Waals surface area contributed by atoms with Crippen molar-refractivity contribution in [1.29, 1.82) is 0 Å². The Bertz CT molecular complexity index is 607. The summed E-state index contributed by atoms with van der Waals surface area (Å²) in [6.45, 7) is 5.36. The highest BCUT2D eigenvalue weighted by Gasteiger charge is 2.66. The van der Waals surface area contributed by atoms with Crippen LogP contribution in [-0.2, 0) is 18.7 Å². The molecule has 136 valence electrons. The van der Waals surface area contributed by atoms with Gasteiger partial charge in [0, 0.05) is 0 Å². The van der Waals surface area contributed by atoms with E-state index in [1.54, 1.807) is 24.3 Å². The monoisotopic (exact) mass is 349 g/mol. The first-order valence-corrected chi connectivity index (χ1v) is 9.01. The summed E-state index contributed by atoms with van der Waals surface area (Å²) in [5.41, 5.74) is 0.529. The highest BCUT2D eigenvalue weighted by molar-refractivity contribution is 6.54. The number of rotatable bonds is 6. The molecule has 3 heterocycles. The van der Waals surface area contributed by atoms with Gasteiger partial charge in [0.1, 0.15) is 18.5 Å². The van der Waals surface area contributed by atoms with E-state index in [9.17, 15) is 4.79 Å². The predicted molar refractivity (Wildman–Crippen MR) is 89.9 cm³/mol. The first kappa shape index (κ1) is 16.8. The van der Waals surface area contributed by atoms with Crippen LogP contribution in [0, 0.1) is 0 Å². The number of benzene rings is 1. The first-order valence-electron chi connectivity index (χ1n) is 9.01. The molecule has 4 rings (SSSR count). The Morgan fingerprint density at radius 1 is 1.24 bits per heavy atom. The minimum atomic E-state index is -1.63. The lowest BCUT2D eigenvalue weighted by molar-refractivity contribution is -0.816. The molecule has 0 N–H and O–H groups in total. The van der Waals surface area contributed by atoms with Gasteiger partial charge in [-0.1, -0.05) is 6.92 Å². The zero-order valence-electron chi connectivity index (χ0n) is 14.5. The van der Waals surface area contributed by atoms with Crippen LogP contribution in [-0.4, -0.2) is 69.4 Å². The second-order valence-electron chi connectivity index (χ2n) is 6.92. The van der Waals surface area contributed by atoms with Gasteiger partial charge >= 0.3 is 12.9 Å². The number of esters is 1. The third kappa shape index (κ3) is 2.93. The topological polar surface area (TPSA) is 63.2 Å². The summed E-state index contributed by atoms with van der Waals surface area (Å²) in [4.78, 5) is 11.8. The van der Waals surface area contributed by atoms with E-state index in [1.807, 2.05) is 6.92 Å². The van der Waals surface area contributed by atoms with Crippen molar-refractivity contribution in [2.24, 2.45) is 0 Å². The van der Waals surface area contributed by atoms with E-state index in [-0.39, 0.29) is 12.1 Å². The molecule has 1 aromatic carbocycles. The van der Waals surface area contributed by atoms with Crippen LogP contribution >= 0.6 is 0 Å². The van der Waals surface area contributed by atoms with E-state index < -0.39 is 6.89 Å². The summed E-state index contributed by atoms with van der Waals surface area (Å²) in [7, 11) is 0. The first-order chi connectivity index (χ1) is 12.2. The molecule has 0 aromatic heterocycles. The highest BCUT2D eigenvalue weighted by atomic mass is 16.8. The molecule has 0 aliphatic carbocycles. The van der Waals surface area contributed by atoms with E-state index in [1.165, 1.54) is 0 Å². The number of ether oxygens (including phenoxy) is 2. The average Bonchev–Trinajstić information content (AvgIpc) is 3.20. The number of carbonyl (C=O) groups is 1. The number of hydrogen-bond donors (Lipinski definition) is 0. The van der Waals surface area contributed by atoms with Crippen molar-refractivity contribution in [2.75, 3.05) is 46.1 Å². The lowest BCUT2D eigenvalue weighted by Crippen LogP contribution is -2.59. The van der Waals surface area contributed by atoms with Crippen molar-refractivity contribution >= 4 is 12.9 Å². The molecule has 3 saturated heterocycles. The van der Waals surface area contributed by atoms with E-state index in [0.717, 1.165) is 30.4 Å². The van der Waals surface area contributed by atoms with Crippen LogP contribution in [0.1, 0.15) is 23.7 Å². The number of hydrogen-bond acceptors (Lipinski definition) is 6. The smallest absolute Gasteiger partial charge is 0.491 e. The van der Waals surface area contributed by atoms with E-state index in [4.69, 9.17) is 23.4 Å². The molecule has 8 heteroatoms. The molecule has 1 aromatic rings. The molecule has 1 atom stereocenters. The molecular formula is C17H24BNO6. The molecule has 0 saturated carbocycles. The minimum Gasteiger partial charge on any atom is -0.491 e. The van der Waals surface area contributed by atoms with Gasteiger partial charge < -0.3 is 27.8 Å². The van der Waals surface area contributed by atoms with Crippen LogP contribution in [0.2, 0.25) is 0 Å². The fourth-order valence-corrected chi connectivity index (χ4v) is 4.02. The van der Waals surface area contributed by atoms with Gasteiger partial charge in [0.2, 0.25) is 0 Å². The Morgan fingerprint density at radius 3 is 2.60 bits per heavy atom. The van der Waals surface area contributed by atoms with Crippen molar-refractivity contribution in [1.82, 2.24) is 0 Å². The highest BCUT2D eigenvalue weighted by Crippen LogP contribution is 2.41. The molecule has 0 amide bonds. The Hall–Kier alpha value is -1.61. The van der Waals surface area contributed by atoms with Gasteiger partial charge in [-0.15, -0.1) is 0 Å². The maximum absolute atomic E-state index is 11.8. The van der Waals surface area contributed by atoms with Gasteiger partial charge in [-0.05, 0) is 30.7 Å². The van der Waals surface area contributed by atoms with Crippen molar-refractivity contribution in [3.8, 4) is 5.75 Å². The zero-order chi connectivity index (χ0) is 17.3. The van der Waals surface area contributed by atoms with Crippen LogP contribution in [0.3, 0.4) is 0 Å². The van der Waals surface area contributed by atoms with Crippen LogP contribution < -0.4 is 4.74 Å². The normalized spacial score (nSPS) is 33.1. The van der Waals surface area contributed by atoms with Crippen molar-refractivity contribution < 1.29 is 32.6 Å². The summed E-state index contributed by atoms with van der Waals surface area (Å²) < 4.78 is 29.5. The van der Waals surface area contributed by atoms with Gasteiger partial charge in [0.25, 0.3) is 0 Å². The lowest BCUT2D eigenvalue weighted by atomic mass is 9.94. The quantitative estimate of drug-likeness (QED) is 0.571. The maximum Gasteiger partial charge on any atom is 0.625 e. The second-order valence-corrected chi connectivity index (χ2v) is 6.92. The SMILES string of the molecule is CCCOC(=O)c1ccc(OC[C@@H]2C[N+]34CCO[B-]3(OCC4)O2)cc1. The maximum atomic E-state index is 11.8. The summed E-state index contributed by atoms with van der Waals surface area (Å²) in [6, 6.07) is 7.00. The molecule has 3 fully saturated rings. The average molecular weight is 349 g/mol. The van der Waals surface area contributed by atoms with Gasteiger partial charge in [-0.25, -0.2) is 4.79 Å². The van der Waals surface area contributed by atoms with Crippen LogP contribution in [0.25, 0.3) is 0 Å². The summed E-state index contributed by atoms with van der Waals surface area (Å²) in [6.07, 6.45) is 0.764. The lowest BCUT2D eigenvalue weighted by Gasteiger charge is -2.37. The molecule has 0 unspecified atom stereocenters. The zero-order valence-corrected chi connectivity index (χ0v) is 14.5. The van der Waals surface area contributed by atoms with Gasteiger partial charge in [0.15, 0.2) is 0 Å². The van der Waals surface area contributed by atoms with Gasteiger partial charge in [-0.2, -0.15) is 0 Å². The fourth-order valence-electron chi connectivity index (χ4n) is 4.02. The third-order valence-electron chi connectivity index (χ3n) is 5.30. The van der Waals surface area contributed by atoms with Crippen LogP contribution in [0.4, 0.5) is 0 Å². The standard InChI is InChI=1S/C17H24BNO6/c1-2-9-21-17(20)14-3-5-15(6-4-14)22-13-16-12-19-7-10-23-18(19,25-16)24-11-8-19/h3-6,16H,2,7-13H2,1H3/t16-,18?,19?/m0/s1. The Balaban J connectivity index is 1.32. The molecule has 7 nitrogen and oxygen atoms in total. The molecule has 3 aliphatic heterocycles. The predicted octanol–water partition coefficient (Wildman–Crippen LogP) is 1.34. The fraction of sp³-hybridized carbons (Fsp3) is 0.588.